The van der Waals surface area contributed by atoms with E-state index in [1.165, 1.54) is 13.2 Å². The van der Waals surface area contributed by atoms with E-state index in [-0.39, 0.29) is 12.5 Å². The summed E-state index contributed by atoms with van der Waals surface area (Å²) in [6.07, 6.45) is 3.70. The minimum atomic E-state index is -0.421. The van der Waals surface area contributed by atoms with E-state index in [9.17, 15) is 4.79 Å². The lowest BCUT2D eigenvalue weighted by atomic mass is 9.92. The van der Waals surface area contributed by atoms with Gasteiger partial charge in [-0.25, -0.2) is 9.38 Å². The van der Waals surface area contributed by atoms with Gasteiger partial charge in [0.1, 0.15) is 17.9 Å². The number of piperidine rings is 1. The van der Waals surface area contributed by atoms with Gasteiger partial charge in [0, 0.05) is 40.9 Å². The second-order valence-electron chi connectivity index (χ2n) is 11.1. The Morgan fingerprint density at radius 2 is 1.84 bits per heavy atom. The van der Waals surface area contributed by atoms with Crippen molar-refractivity contribution in [1.29, 1.82) is 0 Å². The lowest BCUT2D eigenvalue weighted by Crippen LogP contribution is -2.44. The maximum absolute atomic E-state index is 15.2. The number of ether oxygens (including phenoxy) is 1. The summed E-state index contributed by atoms with van der Waals surface area (Å²) in [7, 11) is 5.70. The first kappa shape index (κ1) is 28.9. The molecule has 0 saturated carbocycles. The number of aliphatic imine (C=N–C) groups is 2. The van der Waals surface area contributed by atoms with Crippen molar-refractivity contribution in [2.75, 3.05) is 52.8 Å². The number of fused-ring (bicyclic) bond motifs is 2. The third kappa shape index (κ3) is 5.87. The highest BCUT2D eigenvalue weighted by molar-refractivity contribution is 6.31. The summed E-state index contributed by atoms with van der Waals surface area (Å²) in [6, 6.07) is 18.4. The zero-order valence-corrected chi connectivity index (χ0v) is 25.2. The molecule has 0 aliphatic carbocycles. The Morgan fingerprint density at radius 3 is 2.56 bits per heavy atom. The molecule has 0 bridgehead atoms. The average Bonchev–Trinajstić information content (AvgIpc) is 3.17. The van der Waals surface area contributed by atoms with Crippen molar-refractivity contribution >= 4 is 40.8 Å². The minimum Gasteiger partial charge on any atom is -0.496 e. The second-order valence-corrected chi connectivity index (χ2v) is 11.6. The summed E-state index contributed by atoms with van der Waals surface area (Å²) < 4.78 is 20.7. The summed E-state index contributed by atoms with van der Waals surface area (Å²) in [5.41, 5.74) is 9.02. The van der Waals surface area contributed by atoms with Crippen molar-refractivity contribution in [2.24, 2.45) is 9.98 Å². The van der Waals surface area contributed by atoms with Crippen LogP contribution in [0.1, 0.15) is 39.9 Å². The van der Waals surface area contributed by atoms with Gasteiger partial charge in [0.15, 0.2) is 0 Å². The van der Waals surface area contributed by atoms with Gasteiger partial charge in [0.05, 0.1) is 42.9 Å². The molecule has 0 radical (unpaired) electrons. The highest BCUT2D eigenvalue weighted by Gasteiger charge is 2.28. The summed E-state index contributed by atoms with van der Waals surface area (Å²) in [6.45, 7) is 2.31. The monoisotopic (exact) mass is 600 g/mol. The fourth-order valence-corrected chi connectivity index (χ4v) is 6.09. The van der Waals surface area contributed by atoms with Crippen LogP contribution in [0.25, 0.3) is 5.57 Å². The number of benzene rings is 3. The Balaban J connectivity index is 1.19. The smallest absolute Gasteiger partial charge is 0.253 e. The van der Waals surface area contributed by atoms with Crippen molar-refractivity contribution in [2.45, 2.75) is 18.9 Å². The molecule has 6 rings (SSSR count). The molecule has 0 unspecified atom stereocenters. The zero-order valence-electron chi connectivity index (χ0n) is 24.5. The molecule has 3 aliphatic rings. The van der Waals surface area contributed by atoms with Crippen LogP contribution in [0, 0.1) is 5.82 Å². The summed E-state index contributed by atoms with van der Waals surface area (Å²) in [5.74, 6) is 0.0427. The third-order valence-electron chi connectivity index (χ3n) is 8.30. The lowest BCUT2D eigenvalue weighted by molar-refractivity contribution is 0.0663. The van der Waals surface area contributed by atoms with Crippen molar-refractivity contribution in [1.82, 2.24) is 14.8 Å². The molecule has 0 aromatic heterocycles. The summed E-state index contributed by atoms with van der Waals surface area (Å²) in [4.78, 5) is 26.8. The van der Waals surface area contributed by atoms with Crippen LogP contribution in [0.4, 0.5) is 10.1 Å². The lowest BCUT2D eigenvalue weighted by Gasteiger charge is -2.35. The van der Waals surface area contributed by atoms with Crippen molar-refractivity contribution in [3.63, 3.8) is 0 Å². The number of nitrogens with zero attached hydrogens (tertiary/aromatic N) is 5. The van der Waals surface area contributed by atoms with Crippen LogP contribution in [0.2, 0.25) is 5.02 Å². The first-order valence-corrected chi connectivity index (χ1v) is 14.7. The van der Waals surface area contributed by atoms with E-state index in [1.54, 1.807) is 18.5 Å². The normalized spacial score (nSPS) is 16.9. The molecule has 1 fully saturated rings. The van der Waals surface area contributed by atoms with Crippen molar-refractivity contribution < 1.29 is 13.9 Å². The number of methoxy groups -OCH3 is 1. The Hall–Kier alpha value is -4.21. The first-order valence-electron chi connectivity index (χ1n) is 14.3. The minimum absolute atomic E-state index is 0.0640. The van der Waals surface area contributed by atoms with Crippen LogP contribution >= 0.6 is 11.6 Å². The molecule has 222 valence electrons. The van der Waals surface area contributed by atoms with Gasteiger partial charge in [-0.3, -0.25) is 20.2 Å². The van der Waals surface area contributed by atoms with Crippen LogP contribution in [-0.2, 0) is 0 Å². The van der Waals surface area contributed by atoms with Gasteiger partial charge in [-0.15, -0.1) is 0 Å². The maximum atomic E-state index is 15.2. The third-order valence-corrected chi connectivity index (χ3v) is 8.53. The highest BCUT2D eigenvalue weighted by atomic mass is 35.5. The molecule has 3 aromatic rings. The maximum Gasteiger partial charge on any atom is 0.253 e. The van der Waals surface area contributed by atoms with Gasteiger partial charge in [0.2, 0.25) is 0 Å². The van der Waals surface area contributed by atoms with E-state index in [0.717, 1.165) is 54.0 Å². The topological polar surface area (TPSA) is 72.8 Å². The number of nitrogens with one attached hydrogen (secondary N) is 1. The number of carbonyl (C=O) groups is 1. The molecule has 8 nitrogen and oxygen atoms in total. The molecular weight excluding hydrogens is 567 g/mol. The van der Waals surface area contributed by atoms with E-state index in [1.807, 2.05) is 52.4 Å². The Kier molecular flexibility index (Phi) is 8.19. The van der Waals surface area contributed by atoms with Crippen LogP contribution in [0.5, 0.6) is 5.75 Å². The summed E-state index contributed by atoms with van der Waals surface area (Å²) >= 11 is 6.43. The predicted octanol–water partition coefficient (Wildman–Crippen LogP) is 5.59. The molecule has 3 aromatic carbocycles. The number of hydrogen-bond acceptors (Lipinski definition) is 7. The second kappa shape index (κ2) is 12.2. The average molecular weight is 601 g/mol. The van der Waals surface area contributed by atoms with Gasteiger partial charge in [-0.05, 0) is 81.0 Å². The molecule has 3 heterocycles. The quantitative estimate of drug-likeness (QED) is 0.400. The molecule has 0 atom stereocenters. The molecule has 1 amide bonds. The van der Waals surface area contributed by atoms with Gasteiger partial charge < -0.3 is 14.5 Å². The first-order chi connectivity index (χ1) is 20.8. The zero-order chi connectivity index (χ0) is 30.1. The van der Waals surface area contributed by atoms with Crippen LogP contribution in [-0.4, -0.2) is 86.2 Å². The van der Waals surface area contributed by atoms with Gasteiger partial charge >= 0.3 is 0 Å². The number of halogens is 2. The van der Waals surface area contributed by atoms with E-state index in [2.05, 4.69) is 24.4 Å². The molecule has 43 heavy (non-hydrogen) atoms. The molecule has 0 spiro atoms. The predicted molar refractivity (Wildman–Crippen MR) is 170 cm³/mol. The number of amides is 1. The Bertz CT molecular complexity index is 1630. The number of carbonyl (C=O) groups excluding carboxylic acids is 1. The number of rotatable bonds is 6. The number of hydrogen-bond donors (Lipinski definition) is 1. The van der Waals surface area contributed by atoms with E-state index >= 15 is 4.39 Å². The van der Waals surface area contributed by atoms with Crippen LogP contribution < -0.4 is 10.2 Å². The Morgan fingerprint density at radius 1 is 1.07 bits per heavy atom. The highest BCUT2D eigenvalue weighted by Crippen LogP contribution is 2.35. The largest absolute Gasteiger partial charge is 0.496 e. The van der Waals surface area contributed by atoms with Crippen molar-refractivity contribution in [3.8, 4) is 5.75 Å². The van der Waals surface area contributed by atoms with Crippen molar-refractivity contribution in [3.05, 3.63) is 99.5 Å². The van der Waals surface area contributed by atoms with Gasteiger partial charge in [0.25, 0.3) is 5.91 Å². The van der Waals surface area contributed by atoms with E-state index in [4.69, 9.17) is 26.3 Å². The molecule has 1 saturated heterocycles. The molecular formula is C33H34ClFN6O2. The number of hydrazine groups is 1. The molecule has 3 aliphatic heterocycles. The van der Waals surface area contributed by atoms with E-state index < -0.39 is 5.82 Å². The Labute approximate surface area is 256 Å². The van der Waals surface area contributed by atoms with E-state index in [0.29, 0.717) is 40.2 Å². The standard InChI is InChI=1S/C33H34ClFN6O2/c1-39(2)24-13-15-40(16-14-24)33(42)21-7-10-23(11-8-21)38-41-19-27-25-12-9-22(34)17-26(25)32(36-18-29(27)37-20-41)31-28(35)5-4-6-30(31)43-3/h4-12,17,20,24,38H,13-16,18-19H2,1-3H3. The molecule has 1 N–H and O–H groups in total. The SMILES string of the molecule is COc1cccc(F)c1C1=NCC2=C(CN(Nc3ccc(C(=O)N4CCC(N(C)C)CC4)cc3)C=N2)c2ccc(Cl)cc21. The van der Waals surface area contributed by atoms with Gasteiger partial charge in [-0.2, -0.15) is 0 Å². The number of likely N-dealkylation sites (tertiary alicyclic amines) is 1. The molecule has 10 heteroatoms. The fraction of sp³-hybridized carbons (Fsp3) is 0.303. The van der Waals surface area contributed by atoms with Crippen LogP contribution in [0.15, 0.2) is 76.3 Å². The fourth-order valence-electron chi connectivity index (χ4n) is 5.92. The number of anilines is 1. The van der Waals surface area contributed by atoms with Gasteiger partial charge in [-0.1, -0.05) is 23.7 Å². The summed E-state index contributed by atoms with van der Waals surface area (Å²) in [5, 5.41) is 2.41. The van der Waals surface area contributed by atoms with Crippen LogP contribution in [0.3, 0.4) is 0 Å².